The Morgan fingerprint density at radius 3 is 2.02 bits per heavy atom. The van der Waals surface area contributed by atoms with Crippen LogP contribution in [0.1, 0.15) is 69.0 Å². The van der Waals surface area contributed by atoms with Crippen molar-refractivity contribution < 1.29 is 23.9 Å². The van der Waals surface area contributed by atoms with Crippen LogP contribution in [0.3, 0.4) is 0 Å². The number of rotatable bonds is 6. The third-order valence-electron chi connectivity index (χ3n) is 7.97. The number of benzene rings is 4. The molecule has 5 aromatic rings. The molecule has 9 heteroatoms. The third kappa shape index (κ3) is 8.97. The van der Waals surface area contributed by atoms with Crippen LogP contribution in [-0.4, -0.2) is 53.6 Å². The Morgan fingerprint density at radius 2 is 1.42 bits per heavy atom. The Bertz CT molecular complexity index is 1840. The average Bonchev–Trinajstić information content (AvgIpc) is 3.65. The fraction of sp³-hybridized carbons (Fsp3) is 0.231. The van der Waals surface area contributed by atoms with Gasteiger partial charge in [-0.25, -0.2) is 9.78 Å². The van der Waals surface area contributed by atoms with E-state index in [1.165, 1.54) is 12.7 Å². The van der Waals surface area contributed by atoms with Crippen LogP contribution < -0.4 is 5.56 Å². The fourth-order valence-electron chi connectivity index (χ4n) is 5.49. The molecule has 1 aromatic heterocycles. The molecule has 4 aromatic carbocycles. The van der Waals surface area contributed by atoms with Gasteiger partial charge in [0.2, 0.25) is 0 Å². The second-order valence-electron chi connectivity index (χ2n) is 10.9. The van der Waals surface area contributed by atoms with Gasteiger partial charge in [0.15, 0.2) is 0 Å². The topological polar surface area (TPSA) is 116 Å². The number of carbonyl (C=O) groups is 4. The zero-order valence-electron chi connectivity index (χ0n) is 27.6. The van der Waals surface area contributed by atoms with E-state index in [0.717, 1.165) is 30.4 Å². The number of likely N-dealkylation sites (tertiary alicyclic amines) is 1. The highest BCUT2D eigenvalue weighted by Gasteiger charge is 2.34. The van der Waals surface area contributed by atoms with Crippen molar-refractivity contribution in [1.29, 1.82) is 0 Å². The number of carbonyl (C=O) groups excluding carboxylic acids is 4. The summed E-state index contributed by atoms with van der Waals surface area (Å²) in [5.41, 5.74) is 4.88. The summed E-state index contributed by atoms with van der Waals surface area (Å²) >= 11 is 0. The number of hydrogen-bond acceptors (Lipinski definition) is 7. The summed E-state index contributed by atoms with van der Waals surface area (Å²) in [6.07, 6.45) is 2.70. The minimum Gasteiger partial charge on any atom is -0.465 e. The van der Waals surface area contributed by atoms with E-state index in [-0.39, 0.29) is 24.1 Å². The van der Waals surface area contributed by atoms with Crippen molar-refractivity contribution in [3.05, 3.63) is 147 Å². The maximum absolute atomic E-state index is 13.7. The molecule has 1 aliphatic rings. The predicted octanol–water partition coefficient (Wildman–Crippen LogP) is 6.40. The SMILES string of the molecule is C=O.C=O.CCc1ccccc1.COC(=O)c1ccc(Cn2c([C@@H]3CCCN3C(=O)c3ccc(C)cc3)nc3ccccc3c2=O)cc1. The smallest absolute Gasteiger partial charge is 0.337 e. The molecule has 0 saturated carbocycles. The minimum atomic E-state index is -0.414. The Morgan fingerprint density at radius 1 is 0.812 bits per heavy atom. The van der Waals surface area contributed by atoms with Gasteiger partial charge in [0.1, 0.15) is 19.4 Å². The molecule has 0 aliphatic carbocycles. The van der Waals surface area contributed by atoms with Crippen molar-refractivity contribution in [3.8, 4) is 0 Å². The van der Waals surface area contributed by atoms with Crippen molar-refractivity contribution in [2.75, 3.05) is 13.7 Å². The standard InChI is InChI=1S/C29H27N3O4.C8H10.2CH2O/c1-19-9-13-21(14-10-19)27(33)31-17-5-8-25(31)26-30-24-7-4-3-6-23(24)28(34)32(26)18-20-11-15-22(16-12-20)29(35)36-2;1-2-8-6-4-3-5-7-8;2*1-2/h3-4,6-7,9-16,25H,5,8,17-18H2,1-2H3;3-7H,2H2,1H3;2*1H2/t25-;;;/m0.../s1. The minimum absolute atomic E-state index is 0.0612. The number of ether oxygens (including phenoxy) is 1. The molecule has 1 amide bonds. The van der Waals surface area contributed by atoms with Gasteiger partial charge in [-0.15, -0.1) is 0 Å². The van der Waals surface area contributed by atoms with E-state index >= 15 is 0 Å². The highest BCUT2D eigenvalue weighted by atomic mass is 16.5. The first kappa shape index (κ1) is 36.8. The Hall–Kier alpha value is -5.70. The lowest BCUT2D eigenvalue weighted by molar-refractivity contribution is -0.0987. The molecule has 48 heavy (non-hydrogen) atoms. The molecule has 9 nitrogen and oxygen atoms in total. The van der Waals surface area contributed by atoms with Crippen molar-refractivity contribution in [1.82, 2.24) is 14.5 Å². The molecule has 1 fully saturated rings. The monoisotopic (exact) mass is 647 g/mol. The van der Waals surface area contributed by atoms with Gasteiger partial charge >= 0.3 is 5.97 Å². The number of fused-ring (bicyclic) bond motifs is 1. The number of methoxy groups -OCH3 is 1. The second kappa shape index (κ2) is 18.4. The molecule has 0 spiro atoms. The van der Waals surface area contributed by atoms with Crippen molar-refractivity contribution >= 4 is 36.4 Å². The van der Waals surface area contributed by atoms with Gasteiger partial charge in [-0.05, 0) is 73.7 Å². The van der Waals surface area contributed by atoms with Crippen LogP contribution in [0.25, 0.3) is 10.9 Å². The lowest BCUT2D eigenvalue weighted by Gasteiger charge is -2.27. The molecular formula is C39H41N3O6. The molecule has 1 saturated heterocycles. The van der Waals surface area contributed by atoms with Gasteiger partial charge in [-0.3, -0.25) is 14.2 Å². The first-order valence-corrected chi connectivity index (χ1v) is 15.6. The maximum atomic E-state index is 13.7. The van der Waals surface area contributed by atoms with E-state index in [4.69, 9.17) is 19.3 Å². The quantitative estimate of drug-likeness (QED) is 0.196. The second-order valence-corrected chi connectivity index (χ2v) is 10.9. The first-order chi connectivity index (χ1) is 23.4. The molecule has 0 N–H and O–H groups in total. The average molecular weight is 648 g/mol. The summed E-state index contributed by atoms with van der Waals surface area (Å²) in [7, 11) is 1.34. The van der Waals surface area contributed by atoms with E-state index in [2.05, 4.69) is 31.2 Å². The molecule has 248 valence electrons. The molecular weight excluding hydrogens is 606 g/mol. The molecule has 0 radical (unpaired) electrons. The van der Waals surface area contributed by atoms with Gasteiger partial charge in [-0.1, -0.05) is 79.2 Å². The number of nitrogens with zero attached hydrogens (tertiary/aromatic N) is 3. The molecule has 0 bridgehead atoms. The summed E-state index contributed by atoms with van der Waals surface area (Å²) in [6, 6.07) is 32.0. The van der Waals surface area contributed by atoms with Crippen LogP contribution in [0.2, 0.25) is 0 Å². The zero-order chi connectivity index (χ0) is 35.1. The number of hydrogen-bond donors (Lipinski definition) is 0. The van der Waals surface area contributed by atoms with Gasteiger partial charge in [0.25, 0.3) is 11.5 Å². The lowest BCUT2D eigenvalue weighted by Crippen LogP contribution is -2.35. The van der Waals surface area contributed by atoms with Gasteiger partial charge in [-0.2, -0.15) is 0 Å². The van der Waals surface area contributed by atoms with Crippen LogP contribution in [-0.2, 0) is 27.3 Å². The van der Waals surface area contributed by atoms with Crippen molar-refractivity contribution in [3.63, 3.8) is 0 Å². The maximum Gasteiger partial charge on any atom is 0.337 e. The number of amides is 1. The van der Waals surface area contributed by atoms with E-state index in [9.17, 15) is 14.4 Å². The van der Waals surface area contributed by atoms with Crippen LogP contribution in [0, 0.1) is 6.92 Å². The molecule has 1 aliphatic heterocycles. The van der Waals surface area contributed by atoms with Crippen LogP contribution in [0.5, 0.6) is 0 Å². The number of esters is 1. The molecule has 1 atom stereocenters. The Balaban J connectivity index is 0.000000447. The number of para-hydroxylation sites is 1. The number of aromatic nitrogens is 2. The van der Waals surface area contributed by atoms with Crippen molar-refractivity contribution in [2.24, 2.45) is 0 Å². The largest absolute Gasteiger partial charge is 0.465 e. The summed E-state index contributed by atoms with van der Waals surface area (Å²) in [5.74, 6) is 0.102. The van der Waals surface area contributed by atoms with E-state index in [1.807, 2.05) is 86.1 Å². The summed E-state index contributed by atoms with van der Waals surface area (Å²) < 4.78 is 6.45. The summed E-state index contributed by atoms with van der Waals surface area (Å²) in [6.45, 7) is 9.03. The first-order valence-electron chi connectivity index (χ1n) is 15.6. The Labute approximate surface area is 280 Å². The molecule has 6 rings (SSSR count). The van der Waals surface area contributed by atoms with Crippen LogP contribution >= 0.6 is 0 Å². The fourth-order valence-corrected chi connectivity index (χ4v) is 5.49. The predicted molar refractivity (Wildman–Crippen MR) is 187 cm³/mol. The zero-order valence-corrected chi connectivity index (χ0v) is 27.6. The lowest BCUT2D eigenvalue weighted by atomic mass is 10.1. The molecule has 0 unspecified atom stereocenters. The van der Waals surface area contributed by atoms with Crippen LogP contribution in [0.4, 0.5) is 0 Å². The highest BCUT2D eigenvalue weighted by Crippen LogP contribution is 2.33. The van der Waals surface area contributed by atoms with E-state index in [0.29, 0.717) is 34.4 Å². The molecule has 2 heterocycles. The van der Waals surface area contributed by atoms with Gasteiger partial charge in [0.05, 0.1) is 36.2 Å². The number of aryl methyl sites for hydroxylation is 2. The van der Waals surface area contributed by atoms with Gasteiger partial charge < -0.3 is 19.2 Å². The normalized spacial score (nSPS) is 13.1. The highest BCUT2D eigenvalue weighted by molar-refractivity contribution is 5.94. The van der Waals surface area contributed by atoms with E-state index < -0.39 is 5.97 Å². The van der Waals surface area contributed by atoms with Crippen molar-refractivity contribution in [2.45, 2.75) is 45.7 Å². The summed E-state index contributed by atoms with van der Waals surface area (Å²) in [5, 5.41) is 0.529. The Kier molecular flexibility index (Phi) is 14.1. The summed E-state index contributed by atoms with van der Waals surface area (Å²) in [4.78, 5) is 61.7. The van der Waals surface area contributed by atoms with E-state index in [1.54, 1.807) is 22.8 Å². The third-order valence-corrected chi connectivity index (χ3v) is 7.97. The van der Waals surface area contributed by atoms with Gasteiger partial charge in [0, 0.05) is 12.1 Å². The van der Waals surface area contributed by atoms with Crippen LogP contribution in [0.15, 0.2) is 108 Å².